The molecule has 0 N–H and O–H groups in total. The van der Waals surface area contributed by atoms with Crippen LogP contribution in [-0.4, -0.2) is 24.1 Å². The molecule has 3 heterocycles. The number of hydrogen-bond acceptors (Lipinski definition) is 3. The Morgan fingerprint density at radius 2 is 1.33 bits per heavy atom. The van der Waals surface area contributed by atoms with Crippen LogP contribution in [0, 0.1) is 6.92 Å². The SMILES string of the molecule is C/C=C\c1c(C)n(-c2ccccc2)c2c1c1ccccc1c1c3ccccc3n(-c3nc(-c4ccccc4)nc(C4C=CC=CC4)n3)c12. The number of para-hydroxylation sites is 2. The van der Waals surface area contributed by atoms with Crippen LogP contribution in [-0.2, 0) is 0 Å². The molecule has 8 aromatic rings. The fourth-order valence-electron chi connectivity index (χ4n) is 7.47. The van der Waals surface area contributed by atoms with Gasteiger partial charge in [-0.3, -0.25) is 4.57 Å². The molecule has 1 atom stereocenters. The lowest BCUT2D eigenvalue weighted by Gasteiger charge is -2.16. The first kappa shape index (κ1) is 28.2. The standard InChI is InChI=1S/C43H33N5/c1-3-17-32-28(2)47(31-22-11-6-12-23-31)39-37(32)33-24-13-14-25-34(33)38-35-26-15-16-27-36(35)48(40(38)39)43-45-41(29-18-7-4-8-19-29)44-42(46-43)30-20-9-5-10-21-30/h3-20,22-27,30H,21H2,1-2H3/b17-3-. The number of rotatable bonds is 5. The lowest BCUT2D eigenvalue weighted by Crippen LogP contribution is -2.11. The quantitative estimate of drug-likeness (QED) is 0.193. The Kier molecular flexibility index (Phi) is 6.64. The van der Waals surface area contributed by atoms with E-state index in [9.17, 15) is 0 Å². The van der Waals surface area contributed by atoms with Crippen molar-refractivity contribution >= 4 is 49.6 Å². The molecule has 5 heteroatoms. The Labute approximate surface area is 278 Å². The summed E-state index contributed by atoms with van der Waals surface area (Å²) in [4.78, 5) is 15.7. The minimum absolute atomic E-state index is 0.0601. The van der Waals surface area contributed by atoms with Crippen molar-refractivity contribution in [1.29, 1.82) is 0 Å². The zero-order valence-electron chi connectivity index (χ0n) is 26.9. The summed E-state index contributed by atoms with van der Waals surface area (Å²) in [5.41, 5.74) is 7.77. The molecule has 0 radical (unpaired) electrons. The molecule has 1 aliphatic carbocycles. The zero-order chi connectivity index (χ0) is 32.2. The molecule has 0 aliphatic heterocycles. The van der Waals surface area contributed by atoms with E-state index in [1.807, 2.05) is 18.2 Å². The molecule has 1 aliphatic rings. The Bertz CT molecular complexity index is 2600. The number of allylic oxidation sites excluding steroid dienone is 5. The molecule has 0 saturated heterocycles. The number of aromatic nitrogens is 5. The lowest BCUT2D eigenvalue weighted by molar-refractivity contribution is 0.750. The molecule has 9 rings (SSSR count). The Morgan fingerprint density at radius 1 is 0.667 bits per heavy atom. The van der Waals surface area contributed by atoms with Gasteiger partial charge in [0.05, 0.1) is 16.6 Å². The smallest absolute Gasteiger partial charge is 0.238 e. The van der Waals surface area contributed by atoms with E-state index in [1.54, 1.807) is 0 Å². The number of hydrogen-bond donors (Lipinski definition) is 0. The van der Waals surface area contributed by atoms with Crippen molar-refractivity contribution in [3.63, 3.8) is 0 Å². The first-order valence-electron chi connectivity index (χ1n) is 16.5. The van der Waals surface area contributed by atoms with Crippen LogP contribution in [0.5, 0.6) is 0 Å². The summed E-state index contributed by atoms with van der Waals surface area (Å²) in [7, 11) is 0. The highest BCUT2D eigenvalue weighted by atomic mass is 15.2. The summed E-state index contributed by atoms with van der Waals surface area (Å²) in [5, 5.41) is 6.03. The predicted octanol–water partition coefficient (Wildman–Crippen LogP) is 10.7. The van der Waals surface area contributed by atoms with Crippen molar-refractivity contribution in [2.75, 3.05) is 0 Å². The molecule has 5 aromatic carbocycles. The van der Waals surface area contributed by atoms with Crippen molar-refractivity contribution in [1.82, 2.24) is 24.1 Å². The normalized spacial score (nSPS) is 14.8. The van der Waals surface area contributed by atoms with Gasteiger partial charge in [0.1, 0.15) is 5.82 Å². The third-order valence-corrected chi connectivity index (χ3v) is 9.55. The van der Waals surface area contributed by atoms with Gasteiger partial charge in [-0.05, 0) is 49.2 Å². The Balaban J connectivity index is 1.52. The topological polar surface area (TPSA) is 48.5 Å². The molecule has 1 unspecified atom stereocenters. The van der Waals surface area contributed by atoms with Crippen molar-refractivity contribution in [2.45, 2.75) is 26.2 Å². The van der Waals surface area contributed by atoms with Crippen LogP contribution in [0.2, 0.25) is 0 Å². The third kappa shape index (κ3) is 4.28. The maximum atomic E-state index is 5.31. The zero-order valence-corrected chi connectivity index (χ0v) is 26.9. The van der Waals surface area contributed by atoms with Crippen LogP contribution in [0.3, 0.4) is 0 Å². The average molecular weight is 620 g/mol. The monoisotopic (exact) mass is 619 g/mol. The van der Waals surface area contributed by atoms with Crippen molar-refractivity contribution in [3.8, 4) is 23.0 Å². The molecule has 0 amide bonds. The summed E-state index contributed by atoms with van der Waals surface area (Å²) in [6.07, 6.45) is 13.8. The van der Waals surface area contributed by atoms with E-state index in [2.05, 4.69) is 150 Å². The summed E-state index contributed by atoms with van der Waals surface area (Å²) < 4.78 is 4.71. The van der Waals surface area contributed by atoms with Gasteiger partial charge < -0.3 is 4.57 Å². The maximum Gasteiger partial charge on any atom is 0.238 e. The van der Waals surface area contributed by atoms with Crippen LogP contribution in [0.15, 0.2) is 140 Å². The first-order valence-corrected chi connectivity index (χ1v) is 16.5. The number of nitrogens with zero attached hydrogens (tertiary/aromatic N) is 5. The minimum atomic E-state index is 0.0601. The van der Waals surface area contributed by atoms with Gasteiger partial charge in [-0.25, -0.2) is 4.98 Å². The summed E-state index contributed by atoms with van der Waals surface area (Å²) in [5.74, 6) is 2.12. The van der Waals surface area contributed by atoms with Gasteiger partial charge in [0.25, 0.3) is 0 Å². The predicted molar refractivity (Wildman–Crippen MR) is 199 cm³/mol. The van der Waals surface area contributed by atoms with Crippen LogP contribution < -0.4 is 0 Å². The second kappa shape index (κ2) is 11.3. The van der Waals surface area contributed by atoms with Crippen LogP contribution in [0.1, 0.15) is 36.3 Å². The second-order valence-corrected chi connectivity index (χ2v) is 12.4. The summed E-state index contributed by atoms with van der Waals surface area (Å²) in [6.45, 7) is 4.32. The van der Waals surface area contributed by atoms with Gasteiger partial charge in [0, 0.05) is 44.6 Å². The number of benzene rings is 5. The van der Waals surface area contributed by atoms with E-state index in [4.69, 9.17) is 15.0 Å². The molecule has 0 saturated carbocycles. The molecule has 5 nitrogen and oxygen atoms in total. The van der Waals surface area contributed by atoms with Gasteiger partial charge >= 0.3 is 0 Å². The second-order valence-electron chi connectivity index (χ2n) is 12.4. The van der Waals surface area contributed by atoms with E-state index >= 15 is 0 Å². The van der Waals surface area contributed by atoms with E-state index in [0.29, 0.717) is 11.8 Å². The third-order valence-electron chi connectivity index (χ3n) is 9.55. The number of fused-ring (bicyclic) bond motifs is 8. The van der Waals surface area contributed by atoms with Crippen molar-refractivity contribution < 1.29 is 0 Å². The Morgan fingerprint density at radius 3 is 2.06 bits per heavy atom. The van der Waals surface area contributed by atoms with Crippen LogP contribution in [0.25, 0.3) is 72.6 Å². The summed E-state index contributed by atoms with van der Waals surface area (Å²) in [6, 6.07) is 38.4. The van der Waals surface area contributed by atoms with Gasteiger partial charge in [0.2, 0.25) is 5.95 Å². The average Bonchev–Trinajstić information content (AvgIpc) is 3.65. The van der Waals surface area contributed by atoms with E-state index < -0.39 is 0 Å². The molecule has 230 valence electrons. The molecular formula is C43H33N5. The summed E-state index contributed by atoms with van der Waals surface area (Å²) >= 11 is 0. The molecule has 0 spiro atoms. The molecular weight excluding hydrogens is 587 g/mol. The minimum Gasteiger partial charge on any atom is -0.311 e. The fourth-order valence-corrected chi connectivity index (χ4v) is 7.47. The Hall–Kier alpha value is -6.07. The van der Waals surface area contributed by atoms with Crippen molar-refractivity contribution in [2.24, 2.45) is 0 Å². The van der Waals surface area contributed by atoms with Crippen LogP contribution >= 0.6 is 0 Å². The largest absolute Gasteiger partial charge is 0.311 e. The lowest BCUT2D eigenvalue weighted by atomic mass is 9.97. The van der Waals surface area contributed by atoms with Gasteiger partial charge in [-0.15, -0.1) is 0 Å². The maximum absolute atomic E-state index is 5.31. The molecule has 48 heavy (non-hydrogen) atoms. The van der Waals surface area contributed by atoms with E-state index in [0.717, 1.165) is 40.0 Å². The van der Waals surface area contributed by atoms with Gasteiger partial charge in [-0.2, -0.15) is 9.97 Å². The molecule has 0 fully saturated rings. The van der Waals surface area contributed by atoms with Gasteiger partial charge in [0.15, 0.2) is 5.82 Å². The van der Waals surface area contributed by atoms with E-state index in [-0.39, 0.29) is 5.92 Å². The molecule has 0 bridgehead atoms. The highest BCUT2D eigenvalue weighted by Crippen LogP contribution is 2.46. The van der Waals surface area contributed by atoms with E-state index in [1.165, 1.54) is 38.2 Å². The highest BCUT2D eigenvalue weighted by molar-refractivity contribution is 6.33. The first-order chi connectivity index (χ1) is 23.7. The highest BCUT2D eigenvalue weighted by Gasteiger charge is 2.27. The van der Waals surface area contributed by atoms with Crippen LogP contribution in [0.4, 0.5) is 0 Å². The van der Waals surface area contributed by atoms with Crippen molar-refractivity contribution in [3.05, 3.63) is 157 Å². The van der Waals surface area contributed by atoms with Gasteiger partial charge in [-0.1, -0.05) is 127 Å². The fraction of sp³-hybridized carbons (Fsp3) is 0.0930. The molecule has 3 aromatic heterocycles.